The number of rotatable bonds is 4. The third-order valence-corrected chi connectivity index (χ3v) is 5.11. The molecule has 0 atom stereocenters. The molecule has 1 aromatic heterocycles. The molecule has 3 aromatic rings. The van der Waals surface area contributed by atoms with Gasteiger partial charge in [0, 0.05) is 26.2 Å². The third-order valence-electron chi connectivity index (χ3n) is 5.11. The summed E-state index contributed by atoms with van der Waals surface area (Å²) < 4.78 is 5.61. The number of fused-ring (bicyclic) bond motifs is 1. The molecule has 2 heterocycles. The smallest absolute Gasteiger partial charge is 0.289 e. The van der Waals surface area contributed by atoms with Gasteiger partial charge in [-0.2, -0.15) is 0 Å². The average Bonchev–Trinajstić information content (AvgIpc) is 3.02. The fraction of sp³-hybridized carbons (Fsp3) is 0.318. The predicted octanol–water partition coefficient (Wildman–Crippen LogP) is 2.62. The fourth-order valence-electron chi connectivity index (χ4n) is 3.44. The Bertz CT molecular complexity index is 979. The van der Waals surface area contributed by atoms with Crippen LogP contribution in [0.5, 0.6) is 5.75 Å². The molecule has 0 spiro atoms. The second-order valence-corrected chi connectivity index (χ2v) is 7.23. The van der Waals surface area contributed by atoms with Crippen molar-refractivity contribution in [2.75, 3.05) is 32.8 Å². The van der Waals surface area contributed by atoms with E-state index in [2.05, 4.69) is 9.97 Å². The molecule has 1 saturated heterocycles. The lowest BCUT2D eigenvalue weighted by atomic mass is 10.2. The van der Waals surface area contributed by atoms with Crippen LogP contribution in [0.2, 0.25) is 0 Å². The summed E-state index contributed by atoms with van der Waals surface area (Å²) in [5.41, 5.74) is 2.76. The van der Waals surface area contributed by atoms with Gasteiger partial charge in [-0.05, 0) is 37.6 Å². The first-order valence-electron chi connectivity index (χ1n) is 9.81. The number of amides is 2. The maximum atomic E-state index is 12.8. The van der Waals surface area contributed by atoms with Crippen LogP contribution >= 0.6 is 0 Å². The minimum absolute atomic E-state index is 0.000576. The number of hydrogen-bond acceptors (Lipinski definition) is 4. The van der Waals surface area contributed by atoms with E-state index >= 15 is 0 Å². The number of imidazole rings is 1. The molecule has 2 aromatic carbocycles. The molecule has 4 rings (SSSR count). The van der Waals surface area contributed by atoms with E-state index in [1.54, 1.807) is 9.80 Å². The highest BCUT2D eigenvalue weighted by Gasteiger charge is 2.24. The van der Waals surface area contributed by atoms with Gasteiger partial charge in [0.05, 0.1) is 11.0 Å². The largest absolute Gasteiger partial charge is 0.484 e. The first-order valence-corrected chi connectivity index (χ1v) is 9.81. The second-order valence-electron chi connectivity index (χ2n) is 7.23. The summed E-state index contributed by atoms with van der Waals surface area (Å²) in [5, 5.41) is 0. The van der Waals surface area contributed by atoms with Crippen molar-refractivity contribution in [3.05, 3.63) is 59.9 Å². The normalized spacial score (nSPS) is 14.7. The van der Waals surface area contributed by atoms with Gasteiger partial charge in [-0.3, -0.25) is 9.59 Å². The summed E-state index contributed by atoms with van der Waals surface area (Å²) >= 11 is 0. The molecule has 0 aliphatic carbocycles. The maximum absolute atomic E-state index is 12.8. The third kappa shape index (κ3) is 4.39. The van der Waals surface area contributed by atoms with Gasteiger partial charge in [-0.25, -0.2) is 4.98 Å². The summed E-state index contributed by atoms with van der Waals surface area (Å²) in [6.07, 6.45) is 0.724. The Kier molecular flexibility index (Phi) is 5.46. The fourth-order valence-corrected chi connectivity index (χ4v) is 3.44. The van der Waals surface area contributed by atoms with E-state index in [0.717, 1.165) is 23.0 Å². The second kappa shape index (κ2) is 8.34. The molecule has 1 aliphatic rings. The molecule has 1 aliphatic heterocycles. The molecular weight excluding hydrogens is 368 g/mol. The summed E-state index contributed by atoms with van der Waals surface area (Å²) in [6, 6.07) is 15.2. The van der Waals surface area contributed by atoms with E-state index in [1.165, 1.54) is 0 Å². The Morgan fingerprint density at radius 1 is 1.00 bits per heavy atom. The molecule has 1 N–H and O–H groups in total. The monoisotopic (exact) mass is 392 g/mol. The zero-order chi connectivity index (χ0) is 20.2. The highest BCUT2D eigenvalue weighted by molar-refractivity contribution is 5.94. The van der Waals surface area contributed by atoms with E-state index in [4.69, 9.17) is 4.74 Å². The van der Waals surface area contributed by atoms with Gasteiger partial charge in [0.25, 0.3) is 11.8 Å². The van der Waals surface area contributed by atoms with Gasteiger partial charge < -0.3 is 19.5 Å². The van der Waals surface area contributed by atoms with Crippen LogP contribution in [0.3, 0.4) is 0 Å². The molecule has 29 heavy (non-hydrogen) atoms. The minimum atomic E-state index is -0.133. The topological polar surface area (TPSA) is 78.5 Å². The Balaban J connectivity index is 1.34. The number of aromatic nitrogens is 2. The Morgan fingerprint density at radius 3 is 2.52 bits per heavy atom. The summed E-state index contributed by atoms with van der Waals surface area (Å²) in [7, 11) is 0. The molecule has 0 radical (unpaired) electrons. The van der Waals surface area contributed by atoms with Crippen LogP contribution < -0.4 is 4.74 Å². The van der Waals surface area contributed by atoms with Crippen LogP contribution in [0.25, 0.3) is 11.0 Å². The van der Waals surface area contributed by atoms with Crippen molar-refractivity contribution in [3.63, 3.8) is 0 Å². The van der Waals surface area contributed by atoms with E-state index < -0.39 is 0 Å². The van der Waals surface area contributed by atoms with Gasteiger partial charge in [-0.1, -0.05) is 29.8 Å². The van der Waals surface area contributed by atoms with Crippen LogP contribution in [-0.2, 0) is 4.79 Å². The number of para-hydroxylation sites is 2. The molecule has 0 bridgehead atoms. The van der Waals surface area contributed by atoms with Crippen LogP contribution in [0, 0.1) is 6.92 Å². The number of benzene rings is 2. The highest BCUT2D eigenvalue weighted by Crippen LogP contribution is 2.14. The SMILES string of the molecule is Cc1ccc(OCC(=O)N2CCCN(C(=O)c3nc4ccccc4[nH]3)CC2)cc1. The molecule has 150 valence electrons. The number of nitrogens with zero attached hydrogens (tertiary/aromatic N) is 3. The van der Waals surface area contributed by atoms with E-state index in [1.807, 2.05) is 55.5 Å². The Labute approximate surface area is 169 Å². The number of carbonyl (C=O) groups is 2. The number of ether oxygens (including phenoxy) is 1. The number of hydrogen-bond donors (Lipinski definition) is 1. The quantitative estimate of drug-likeness (QED) is 0.740. The zero-order valence-electron chi connectivity index (χ0n) is 16.4. The number of aryl methyl sites for hydroxylation is 1. The van der Waals surface area contributed by atoms with Crippen molar-refractivity contribution in [3.8, 4) is 5.75 Å². The standard InChI is InChI=1S/C22H24N4O3/c1-16-7-9-17(10-8-16)29-15-20(27)25-11-4-12-26(14-13-25)22(28)21-23-18-5-2-3-6-19(18)24-21/h2-3,5-10H,4,11-15H2,1H3,(H,23,24). The van der Waals surface area contributed by atoms with Gasteiger partial charge >= 0.3 is 0 Å². The number of nitrogens with one attached hydrogen (secondary N) is 1. The van der Waals surface area contributed by atoms with Crippen LogP contribution in [0.1, 0.15) is 22.6 Å². The molecule has 7 nitrogen and oxygen atoms in total. The summed E-state index contributed by atoms with van der Waals surface area (Å²) in [5.74, 6) is 0.823. The van der Waals surface area contributed by atoms with E-state index in [-0.39, 0.29) is 18.4 Å². The Morgan fingerprint density at radius 2 is 1.72 bits per heavy atom. The van der Waals surface area contributed by atoms with Crippen LogP contribution in [0.15, 0.2) is 48.5 Å². The zero-order valence-corrected chi connectivity index (χ0v) is 16.4. The van der Waals surface area contributed by atoms with Crippen molar-refractivity contribution in [2.45, 2.75) is 13.3 Å². The van der Waals surface area contributed by atoms with E-state index in [9.17, 15) is 9.59 Å². The summed E-state index contributed by atoms with van der Waals surface area (Å²) in [6.45, 7) is 4.18. The van der Waals surface area contributed by atoms with Crippen molar-refractivity contribution in [1.29, 1.82) is 0 Å². The molecule has 0 unspecified atom stereocenters. The van der Waals surface area contributed by atoms with Gasteiger partial charge in [-0.15, -0.1) is 0 Å². The minimum Gasteiger partial charge on any atom is -0.484 e. The lowest BCUT2D eigenvalue weighted by Crippen LogP contribution is -2.39. The van der Waals surface area contributed by atoms with Crippen molar-refractivity contribution in [2.24, 2.45) is 0 Å². The number of H-pyrrole nitrogens is 1. The van der Waals surface area contributed by atoms with Crippen molar-refractivity contribution >= 4 is 22.8 Å². The molecule has 1 fully saturated rings. The summed E-state index contributed by atoms with van der Waals surface area (Å²) in [4.78, 5) is 36.4. The Hall–Kier alpha value is -3.35. The van der Waals surface area contributed by atoms with Gasteiger partial charge in [0.1, 0.15) is 5.75 Å². The van der Waals surface area contributed by atoms with E-state index in [0.29, 0.717) is 37.8 Å². The molecule has 0 saturated carbocycles. The average molecular weight is 392 g/mol. The molecular formula is C22H24N4O3. The van der Waals surface area contributed by atoms with Crippen molar-refractivity contribution in [1.82, 2.24) is 19.8 Å². The number of aromatic amines is 1. The predicted molar refractivity (Wildman–Crippen MR) is 110 cm³/mol. The van der Waals surface area contributed by atoms with Crippen LogP contribution in [-0.4, -0.2) is 64.4 Å². The first kappa shape index (κ1) is 19.0. The lowest BCUT2D eigenvalue weighted by Gasteiger charge is -2.21. The van der Waals surface area contributed by atoms with Crippen LogP contribution in [0.4, 0.5) is 0 Å². The van der Waals surface area contributed by atoms with Crippen molar-refractivity contribution < 1.29 is 14.3 Å². The first-order chi connectivity index (χ1) is 14.1. The van der Waals surface area contributed by atoms with Gasteiger partial charge in [0.15, 0.2) is 12.4 Å². The van der Waals surface area contributed by atoms with Gasteiger partial charge in [0.2, 0.25) is 0 Å². The lowest BCUT2D eigenvalue weighted by molar-refractivity contribution is -0.133. The highest BCUT2D eigenvalue weighted by atomic mass is 16.5. The maximum Gasteiger partial charge on any atom is 0.289 e. The molecule has 7 heteroatoms. The number of carbonyl (C=O) groups excluding carboxylic acids is 2. The molecule has 2 amide bonds.